The van der Waals surface area contributed by atoms with Gasteiger partial charge in [-0.3, -0.25) is 4.79 Å². The number of carbonyl (C=O) groups excluding carboxylic acids is 1. The van der Waals surface area contributed by atoms with E-state index < -0.39 is 0 Å². The van der Waals surface area contributed by atoms with Crippen LogP contribution in [0.5, 0.6) is 11.5 Å². The second-order valence-corrected chi connectivity index (χ2v) is 6.09. The highest BCUT2D eigenvalue weighted by molar-refractivity contribution is 5.78. The lowest BCUT2D eigenvalue weighted by Crippen LogP contribution is -2.27. The molecule has 0 atom stereocenters. The molecule has 26 heavy (non-hydrogen) atoms. The summed E-state index contributed by atoms with van der Waals surface area (Å²) in [5.74, 6) is 1.52. The standard InChI is InChI=1S/C20H19N3O3/c24-20(11-16-12-22-23(13-16)17-4-2-1-3-5-17)21-9-8-15-6-7-18-19(10-15)26-14-25-18/h1-7,10,12-13H,8-9,11,14H2,(H,21,24). The summed E-state index contributed by atoms with van der Waals surface area (Å²) in [4.78, 5) is 12.1. The van der Waals surface area contributed by atoms with Crippen LogP contribution in [-0.4, -0.2) is 29.0 Å². The zero-order chi connectivity index (χ0) is 17.8. The Labute approximate surface area is 151 Å². The highest BCUT2D eigenvalue weighted by Crippen LogP contribution is 2.32. The van der Waals surface area contributed by atoms with Gasteiger partial charge >= 0.3 is 0 Å². The van der Waals surface area contributed by atoms with E-state index in [4.69, 9.17) is 9.47 Å². The molecule has 132 valence electrons. The Hall–Kier alpha value is -3.28. The smallest absolute Gasteiger partial charge is 0.231 e. The molecule has 3 aromatic rings. The molecule has 1 amide bonds. The number of hydrogen-bond donors (Lipinski definition) is 1. The summed E-state index contributed by atoms with van der Waals surface area (Å²) in [6.07, 6.45) is 4.66. The molecule has 0 bridgehead atoms. The van der Waals surface area contributed by atoms with Crippen molar-refractivity contribution in [2.24, 2.45) is 0 Å². The molecule has 1 aliphatic rings. The van der Waals surface area contributed by atoms with Gasteiger partial charge in [-0.05, 0) is 41.8 Å². The van der Waals surface area contributed by atoms with Crippen LogP contribution in [0.25, 0.3) is 5.69 Å². The number of nitrogens with zero attached hydrogens (tertiary/aromatic N) is 2. The molecule has 0 unspecified atom stereocenters. The molecule has 0 aliphatic carbocycles. The minimum atomic E-state index is -0.0154. The van der Waals surface area contributed by atoms with Crippen LogP contribution in [0, 0.1) is 0 Å². The number of carbonyl (C=O) groups is 1. The van der Waals surface area contributed by atoms with E-state index in [1.807, 2.05) is 54.7 Å². The first kappa shape index (κ1) is 16.2. The third-order valence-electron chi connectivity index (χ3n) is 4.19. The molecule has 1 aliphatic heterocycles. The Bertz CT molecular complexity index is 906. The lowest BCUT2D eigenvalue weighted by atomic mass is 10.1. The molecule has 1 aromatic heterocycles. The zero-order valence-corrected chi connectivity index (χ0v) is 14.2. The van der Waals surface area contributed by atoms with Crippen molar-refractivity contribution in [1.29, 1.82) is 0 Å². The average Bonchev–Trinajstić information content (AvgIpc) is 3.31. The fraction of sp³-hybridized carbons (Fsp3) is 0.200. The van der Waals surface area contributed by atoms with Crippen LogP contribution < -0.4 is 14.8 Å². The summed E-state index contributed by atoms with van der Waals surface area (Å²) >= 11 is 0. The number of fused-ring (bicyclic) bond motifs is 1. The van der Waals surface area contributed by atoms with Crippen LogP contribution in [0.1, 0.15) is 11.1 Å². The number of aromatic nitrogens is 2. The van der Waals surface area contributed by atoms with E-state index in [1.54, 1.807) is 10.9 Å². The minimum Gasteiger partial charge on any atom is -0.454 e. The minimum absolute atomic E-state index is 0.0154. The topological polar surface area (TPSA) is 65.4 Å². The largest absolute Gasteiger partial charge is 0.454 e. The van der Waals surface area contributed by atoms with E-state index >= 15 is 0 Å². The van der Waals surface area contributed by atoms with E-state index in [2.05, 4.69) is 10.4 Å². The molecule has 0 radical (unpaired) electrons. The lowest BCUT2D eigenvalue weighted by molar-refractivity contribution is -0.120. The summed E-state index contributed by atoms with van der Waals surface area (Å²) in [6, 6.07) is 15.7. The molecular formula is C20H19N3O3. The summed E-state index contributed by atoms with van der Waals surface area (Å²) in [5, 5.41) is 7.26. The van der Waals surface area contributed by atoms with Crippen molar-refractivity contribution in [3.63, 3.8) is 0 Å². The van der Waals surface area contributed by atoms with Crippen LogP contribution in [0.2, 0.25) is 0 Å². The normalized spacial score (nSPS) is 12.2. The van der Waals surface area contributed by atoms with Crippen LogP contribution in [0.4, 0.5) is 0 Å². The highest BCUT2D eigenvalue weighted by atomic mass is 16.7. The van der Waals surface area contributed by atoms with Gasteiger partial charge in [0, 0.05) is 12.7 Å². The van der Waals surface area contributed by atoms with Gasteiger partial charge in [-0.15, -0.1) is 0 Å². The highest BCUT2D eigenvalue weighted by Gasteiger charge is 2.13. The summed E-state index contributed by atoms with van der Waals surface area (Å²) < 4.78 is 12.4. The van der Waals surface area contributed by atoms with Gasteiger partial charge in [0.15, 0.2) is 11.5 Å². The molecule has 0 spiro atoms. The fourth-order valence-corrected chi connectivity index (χ4v) is 2.86. The second kappa shape index (κ2) is 7.31. The van der Waals surface area contributed by atoms with E-state index in [0.29, 0.717) is 13.0 Å². The molecule has 2 aromatic carbocycles. The number of para-hydroxylation sites is 1. The van der Waals surface area contributed by atoms with Gasteiger partial charge in [0.25, 0.3) is 0 Å². The third kappa shape index (κ3) is 3.69. The molecule has 2 heterocycles. The molecule has 0 saturated carbocycles. The van der Waals surface area contributed by atoms with Crippen LogP contribution in [0.15, 0.2) is 60.9 Å². The van der Waals surface area contributed by atoms with Gasteiger partial charge < -0.3 is 14.8 Å². The Morgan fingerprint density at radius 3 is 2.81 bits per heavy atom. The van der Waals surface area contributed by atoms with Gasteiger partial charge in [0.2, 0.25) is 12.7 Å². The van der Waals surface area contributed by atoms with Crippen molar-refractivity contribution in [1.82, 2.24) is 15.1 Å². The number of amides is 1. The molecule has 0 fully saturated rings. The van der Waals surface area contributed by atoms with Gasteiger partial charge in [-0.2, -0.15) is 5.10 Å². The number of hydrogen-bond acceptors (Lipinski definition) is 4. The van der Waals surface area contributed by atoms with Crippen LogP contribution in [-0.2, 0) is 17.6 Å². The maximum absolute atomic E-state index is 12.1. The summed E-state index contributed by atoms with van der Waals surface area (Å²) in [6.45, 7) is 0.845. The summed E-state index contributed by atoms with van der Waals surface area (Å²) in [7, 11) is 0. The maximum atomic E-state index is 12.1. The molecule has 1 N–H and O–H groups in total. The fourth-order valence-electron chi connectivity index (χ4n) is 2.86. The predicted octanol–water partition coefficient (Wildman–Crippen LogP) is 2.50. The first-order valence-corrected chi connectivity index (χ1v) is 8.52. The quantitative estimate of drug-likeness (QED) is 0.743. The average molecular weight is 349 g/mol. The maximum Gasteiger partial charge on any atom is 0.231 e. The predicted molar refractivity (Wildman–Crippen MR) is 96.5 cm³/mol. The number of benzene rings is 2. The van der Waals surface area contributed by atoms with Gasteiger partial charge in [0.1, 0.15) is 0 Å². The SMILES string of the molecule is O=C(Cc1cnn(-c2ccccc2)c1)NCCc1ccc2c(c1)OCO2. The van der Waals surface area contributed by atoms with E-state index in [1.165, 1.54) is 0 Å². The van der Waals surface area contributed by atoms with Gasteiger partial charge in [0.05, 0.1) is 18.3 Å². The number of nitrogens with one attached hydrogen (secondary N) is 1. The van der Waals surface area contributed by atoms with Crippen molar-refractivity contribution in [2.75, 3.05) is 13.3 Å². The van der Waals surface area contributed by atoms with E-state index in [9.17, 15) is 4.79 Å². The van der Waals surface area contributed by atoms with Crippen molar-refractivity contribution in [3.05, 3.63) is 72.1 Å². The molecule has 0 saturated heterocycles. The Kier molecular flexibility index (Phi) is 4.55. The Morgan fingerprint density at radius 2 is 1.92 bits per heavy atom. The van der Waals surface area contributed by atoms with Crippen molar-refractivity contribution < 1.29 is 14.3 Å². The first-order chi connectivity index (χ1) is 12.8. The Morgan fingerprint density at radius 1 is 1.08 bits per heavy atom. The van der Waals surface area contributed by atoms with Crippen molar-refractivity contribution in [2.45, 2.75) is 12.8 Å². The first-order valence-electron chi connectivity index (χ1n) is 8.52. The molecule has 4 rings (SSSR count). The Balaban J connectivity index is 1.27. The number of rotatable bonds is 6. The monoisotopic (exact) mass is 349 g/mol. The zero-order valence-electron chi connectivity index (χ0n) is 14.2. The lowest BCUT2D eigenvalue weighted by Gasteiger charge is -2.05. The molecule has 6 heteroatoms. The van der Waals surface area contributed by atoms with E-state index in [0.717, 1.165) is 34.7 Å². The van der Waals surface area contributed by atoms with Crippen molar-refractivity contribution >= 4 is 5.91 Å². The van der Waals surface area contributed by atoms with Gasteiger partial charge in [-0.1, -0.05) is 24.3 Å². The number of ether oxygens (including phenoxy) is 2. The molecular weight excluding hydrogens is 330 g/mol. The van der Waals surface area contributed by atoms with Crippen LogP contribution in [0.3, 0.4) is 0 Å². The van der Waals surface area contributed by atoms with Gasteiger partial charge in [-0.25, -0.2) is 4.68 Å². The second-order valence-electron chi connectivity index (χ2n) is 6.09. The molecule has 6 nitrogen and oxygen atoms in total. The van der Waals surface area contributed by atoms with Crippen molar-refractivity contribution in [3.8, 4) is 17.2 Å². The summed E-state index contributed by atoms with van der Waals surface area (Å²) in [5.41, 5.74) is 2.96. The van der Waals surface area contributed by atoms with E-state index in [-0.39, 0.29) is 12.7 Å². The third-order valence-corrected chi connectivity index (χ3v) is 4.19. The van der Waals surface area contributed by atoms with Crippen LogP contribution >= 0.6 is 0 Å².